The van der Waals surface area contributed by atoms with Crippen LogP contribution in [0.4, 0.5) is 5.69 Å². The average molecular weight is 259 g/mol. The van der Waals surface area contributed by atoms with E-state index in [1.54, 1.807) is 19.2 Å². The largest absolute Gasteiger partial charge is 0.497 e. The Morgan fingerprint density at radius 2 is 1.84 bits per heavy atom. The fourth-order valence-electron chi connectivity index (χ4n) is 1.62. The highest BCUT2D eigenvalue weighted by Gasteiger charge is 2.06. The van der Waals surface area contributed by atoms with Crippen molar-refractivity contribution in [2.45, 2.75) is 6.61 Å². The van der Waals surface area contributed by atoms with Gasteiger partial charge < -0.3 is 9.47 Å². The van der Waals surface area contributed by atoms with Gasteiger partial charge in [0.25, 0.3) is 5.69 Å². The number of hydrogen-bond acceptors (Lipinski definition) is 4. The SMILES string of the molecule is COc1cccc(COc2cccc([N+](=O)[O-])c2)c1. The predicted octanol–water partition coefficient (Wildman–Crippen LogP) is 3.18. The van der Waals surface area contributed by atoms with Crippen molar-refractivity contribution in [1.82, 2.24) is 0 Å². The molecule has 0 aromatic heterocycles. The molecule has 5 nitrogen and oxygen atoms in total. The topological polar surface area (TPSA) is 61.6 Å². The molecule has 0 saturated carbocycles. The van der Waals surface area contributed by atoms with Crippen LogP contribution >= 0.6 is 0 Å². The van der Waals surface area contributed by atoms with Gasteiger partial charge in [0.05, 0.1) is 18.1 Å². The highest BCUT2D eigenvalue weighted by molar-refractivity contribution is 5.38. The lowest BCUT2D eigenvalue weighted by atomic mass is 10.2. The highest BCUT2D eigenvalue weighted by atomic mass is 16.6. The summed E-state index contributed by atoms with van der Waals surface area (Å²) in [6, 6.07) is 13.6. The molecule has 0 fully saturated rings. The van der Waals surface area contributed by atoms with Crippen LogP contribution in [0.15, 0.2) is 48.5 Å². The maximum absolute atomic E-state index is 10.6. The molecular formula is C14H13NO4. The molecule has 0 bridgehead atoms. The number of hydrogen-bond donors (Lipinski definition) is 0. The van der Waals surface area contributed by atoms with Crippen LogP contribution in [-0.4, -0.2) is 12.0 Å². The molecule has 0 aliphatic heterocycles. The van der Waals surface area contributed by atoms with E-state index in [1.165, 1.54) is 12.1 Å². The summed E-state index contributed by atoms with van der Waals surface area (Å²) in [7, 11) is 1.60. The number of non-ortho nitro benzene ring substituents is 1. The summed E-state index contributed by atoms with van der Waals surface area (Å²) in [6.45, 7) is 0.332. The normalized spacial score (nSPS) is 9.95. The number of benzene rings is 2. The third-order valence-corrected chi connectivity index (χ3v) is 2.57. The van der Waals surface area contributed by atoms with E-state index in [1.807, 2.05) is 24.3 Å². The molecule has 0 aliphatic carbocycles. The highest BCUT2D eigenvalue weighted by Crippen LogP contribution is 2.21. The van der Waals surface area contributed by atoms with E-state index < -0.39 is 4.92 Å². The maximum atomic E-state index is 10.6. The second kappa shape index (κ2) is 5.86. The van der Waals surface area contributed by atoms with Crippen molar-refractivity contribution in [3.05, 3.63) is 64.2 Å². The minimum absolute atomic E-state index is 0.0168. The molecule has 0 unspecified atom stereocenters. The lowest BCUT2D eigenvalue weighted by molar-refractivity contribution is -0.384. The molecule has 2 aromatic carbocycles. The van der Waals surface area contributed by atoms with Crippen LogP contribution in [0.3, 0.4) is 0 Å². The fourth-order valence-corrected chi connectivity index (χ4v) is 1.62. The lowest BCUT2D eigenvalue weighted by Gasteiger charge is -2.07. The molecule has 0 amide bonds. The van der Waals surface area contributed by atoms with Crippen LogP contribution in [0.2, 0.25) is 0 Å². The van der Waals surface area contributed by atoms with Crippen LogP contribution in [-0.2, 0) is 6.61 Å². The molecular weight excluding hydrogens is 246 g/mol. The van der Waals surface area contributed by atoms with Crippen molar-refractivity contribution in [3.8, 4) is 11.5 Å². The van der Waals surface area contributed by atoms with Crippen molar-refractivity contribution in [3.63, 3.8) is 0 Å². The Bertz CT molecular complexity index is 583. The van der Waals surface area contributed by atoms with Gasteiger partial charge in [-0.15, -0.1) is 0 Å². The summed E-state index contributed by atoms with van der Waals surface area (Å²) >= 11 is 0. The van der Waals surface area contributed by atoms with Gasteiger partial charge in [-0.2, -0.15) is 0 Å². The van der Waals surface area contributed by atoms with E-state index in [2.05, 4.69) is 0 Å². The van der Waals surface area contributed by atoms with Gasteiger partial charge >= 0.3 is 0 Å². The Hall–Kier alpha value is -2.56. The first-order valence-corrected chi connectivity index (χ1v) is 5.69. The predicted molar refractivity (Wildman–Crippen MR) is 70.4 cm³/mol. The molecule has 19 heavy (non-hydrogen) atoms. The minimum Gasteiger partial charge on any atom is -0.497 e. The van der Waals surface area contributed by atoms with Gasteiger partial charge in [0.1, 0.15) is 18.1 Å². The molecule has 0 aliphatic rings. The summed E-state index contributed by atoms with van der Waals surface area (Å²) in [4.78, 5) is 10.2. The zero-order chi connectivity index (χ0) is 13.7. The van der Waals surface area contributed by atoms with Gasteiger partial charge in [-0.05, 0) is 23.8 Å². The third kappa shape index (κ3) is 3.45. The quantitative estimate of drug-likeness (QED) is 0.611. The third-order valence-electron chi connectivity index (χ3n) is 2.57. The van der Waals surface area contributed by atoms with E-state index in [0.717, 1.165) is 11.3 Å². The molecule has 0 spiro atoms. The summed E-state index contributed by atoms with van der Waals surface area (Å²) < 4.78 is 10.6. The Kier molecular flexibility index (Phi) is 3.97. The second-order valence-electron chi connectivity index (χ2n) is 3.89. The summed E-state index contributed by atoms with van der Waals surface area (Å²) in [5.41, 5.74) is 0.953. The smallest absolute Gasteiger partial charge is 0.273 e. The van der Waals surface area contributed by atoms with Crippen LogP contribution in [0.25, 0.3) is 0 Å². The standard InChI is InChI=1S/C14H13NO4/c1-18-13-6-2-4-11(8-13)10-19-14-7-3-5-12(9-14)15(16)17/h2-9H,10H2,1H3. The fraction of sp³-hybridized carbons (Fsp3) is 0.143. The molecule has 2 aromatic rings. The van der Waals surface area contributed by atoms with Crippen LogP contribution in [0.5, 0.6) is 11.5 Å². The Labute approximate surface area is 110 Å². The molecule has 98 valence electrons. The lowest BCUT2D eigenvalue weighted by Crippen LogP contribution is -1.96. The summed E-state index contributed by atoms with van der Waals surface area (Å²) in [6.07, 6.45) is 0. The first kappa shape index (κ1) is 12.9. The van der Waals surface area contributed by atoms with E-state index in [0.29, 0.717) is 12.4 Å². The van der Waals surface area contributed by atoms with Crippen molar-refractivity contribution >= 4 is 5.69 Å². The van der Waals surface area contributed by atoms with Crippen LogP contribution in [0.1, 0.15) is 5.56 Å². The Morgan fingerprint density at radius 3 is 2.58 bits per heavy atom. The zero-order valence-electron chi connectivity index (χ0n) is 10.4. The number of ether oxygens (including phenoxy) is 2. The summed E-state index contributed by atoms with van der Waals surface area (Å²) in [5, 5.41) is 10.6. The van der Waals surface area contributed by atoms with E-state index in [4.69, 9.17) is 9.47 Å². The molecule has 0 radical (unpaired) electrons. The van der Waals surface area contributed by atoms with E-state index >= 15 is 0 Å². The number of methoxy groups -OCH3 is 1. The monoisotopic (exact) mass is 259 g/mol. The minimum atomic E-state index is -0.446. The van der Waals surface area contributed by atoms with Crippen LogP contribution < -0.4 is 9.47 Å². The van der Waals surface area contributed by atoms with E-state index in [9.17, 15) is 10.1 Å². The van der Waals surface area contributed by atoms with Crippen molar-refractivity contribution < 1.29 is 14.4 Å². The molecule has 0 heterocycles. The number of nitrogens with zero attached hydrogens (tertiary/aromatic N) is 1. The summed E-state index contributed by atoms with van der Waals surface area (Å²) in [5.74, 6) is 1.22. The van der Waals surface area contributed by atoms with Gasteiger partial charge in [-0.25, -0.2) is 0 Å². The van der Waals surface area contributed by atoms with Gasteiger partial charge in [0.2, 0.25) is 0 Å². The molecule has 0 N–H and O–H groups in total. The number of nitro groups is 1. The molecule has 2 rings (SSSR count). The maximum Gasteiger partial charge on any atom is 0.273 e. The van der Waals surface area contributed by atoms with Crippen LogP contribution in [0, 0.1) is 10.1 Å². The van der Waals surface area contributed by atoms with Gasteiger partial charge in [0.15, 0.2) is 0 Å². The molecule has 0 saturated heterocycles. The Morgan fingerprint density at radius 1 is 1.11 bits per heavy atom. The van der Waals surface area contributed by atoms with Gasteiger partial charge in [-0.3, -0.25) is 10.1 Å². The number of rotatable bonds is 5. The number of nitro benzene ring substituents is 1. The first-order chi connectivity index (χ1) is 9.19. The van der Waals surface area contributed by atoms with Gasteiger partial charge in [-0.1, -0.05) is 18.2 Å². The first-order valence-electron chi connectivity index (χ1n) is 5.69. The molecule has 5 heteroatoms. The zero-order valence-corrected chi connectivity index (χ0v) is 10.4. The average Bonchev–Trinajstić information content (AvgIpc) is 2.45. The molecule has 0 atom stereocenters. The van der Waals surface area contributed by atoms with E-state index in [-0.39, 0.29) is 5.69 Å². The van der Waals surface area contributed by atoms with Crippen molar-refractivity contribution in [1.29, 1.82) is 0 Å². The van der Waals surface area contributed by atoms with Crippen molar-refractivity contribution in [2.75, 3.05) is 7.11 Å². The second-order valence-corrected chi connectivity index (χ2v) is 3.89. The Balaban J connectivity index is 2.05. The van der Waals surface area contributed by atoms with Gasteiger partial charge in [0, 0.05) is 6.07 Å². The van der Waals surface area contributed by atoms with Crippen molar-refractivity contribution in [2.24, 2.45) is 0 Å².